The van der Waals surface area contributed by atoms with Crippen molar-refractivity contribution in [1.29, 1.82) is 0 Å². The maximum absolute atomic E-state index is 13.9. The van der Waals surface area contributed by atoms with Gasteiger partial charge in [0.1, 0.15) is 17.2 Å². The van der Waals surface area contributed by atoms with Gasteiger partial charge in [-0.25, -0.2) is 30.5 Å². The molecule has 6 bridgehead atoms. The van der Waals surface area contributed by atoms with Gasteiger partial charge in [-0.05, 0) is 397 Å². The first-order chi connectivity index (χ1) is 69.3. The Morgan fingerprint density at radius 1 is 0.326 bits per heavy atom. The van der Waals surface area contributed by atoms with Crippen LogP contribution >= 0.6 is 34.8 Å². The zero-order valence-corrected chi connectivity index (χ0v) is 89.5. The zero-order valence-electron chi connectivity index (χ0n) is 84.8. The molecule has 0 aromatic heterocycles. The van der Waals surface area contributed by atoms with Crippen LogP contribution in [0.4, 0.5) is 17.1 Å². The molecule has 144 heavy (non-hydrogen) atoms. The maximum atomic E-state index is 13.9. The van der Waals surface area contributed by atoms with Gasteiger partial charge in [-0.15, -0.1) is 0 Å². The van der Waals surface area contributed by atoms with Crippen LogP contribution < -0.4 is 43.1 Å². The predicted molar refractivity (Wildman–Crippen MR) is 565 cm³/mol. The summed E-state index contributed by atoms with van der Waals surface area (Å²) in [5.74, 6) is 8.37. The Hall–Kier alpha value is -6.92. The molecule has 9 heterocycles. The molecule has 9 aliphatic heterocycles. The summed E-state index contributed by atoms with van der Waals surface area (Å²) in [4.78, 5) is 48.2. The highest BCUT2D eigenvalue weighted by Gasteiger charge is 2.56. The molecule has 9 aliphatic carbocycles. The van der Waals surface area contributed by atoms with Gasteiger partial charge in [0.2, 0.25) is 20.0 Å². The van der Waals surface area contributed by atoms with Crippen molar-refractivity contribution in [2.75, 3.05) is 73.8 Å². The van der Waals surface area contributed by atoms with Crippen LogP contribution in [0.5, 0.6) is 17.2 Å². The van der Waals surface area contributed by atoms with E-state index in [2.05, 4.69) is 78.1 Å². The second kappa shape index (κ2) is 41.3. The Kier molecular flexibility index (Phi) is 29.2. The maximum Gasteiger partial charge on any atom is 0.264 e. The number of sulfonamides is 2. The van der Waals surface area contributed by atoms with Gasteiger partial charge in [-0.1, -0.05) is 93.0 Å². The van der Waals surface area contributed by atoms with Crippen molar-refractivity contribution >= 4 is 105 Å². The normalized spacial score (nSPS) is 38.4. The topological polar surface area (TPSA) is 265 Å². The van der Waals surface area contributed by atoms with Gasteiger partial charge in [-0.3, -0.25) is 19.1 Å². The van der Waals surface area contributed by atoms with E-state index in [1.807, 2.05) is 75.4 Å². The number of amides is 3. The van der Waals surface area contributed by atoms with Crippen LogP contribution in [0.1, 0.15) is 299 Å². The van der Waals surface area contributed by atoms with E-state index in [0.717, 1.165) is 281 Å². The lowest BCUT2D eigenvalue weighted by Crippen LogP contribution is -2.50. The number of nitrogens with one attached hydrogen (secondary N) is 3. The van der Waals surface area contributed by atoms with Crippen molar-refractivity contribution in [2.24, 2.45) is 71.0 Å². The fraction of sp³-hybridized carbons (Fsp3) is 0.652. The number of benzene rings is 6. The van der Waals surface area contributed by atoms with Gasteiger partial charge in [0, 0.05) is 110 Å². The number of hydrogen-bond donors (Lipinski definition) is 3. The molecular weight excluding hydrogens is 1940 g/mol. The Morgan fingerprint density at radius 3 is 0.903 bits per heavy atom. The third kappa shape index (κ3) is 20.2. The van der Waals surface area contributed by atoms with Gasteiger partial charge >= 0.3 is 0 Å². The van der Waals surface area contributed by atoms with Crippen molar-refractivity contribution < 1.29 is 78.1 Å². The molecule has 18 aliphatic rings. The highest BCUT2D eigenvalue weighted by Crippen LogP contribution is 2.57. The molecule has 9 fully saturated rings. The Morgan fingerprint density at radius 2 is 0.611 bits per heavy atom. The van der Waals surface area contributed by atoms with Gasteiger partial charge in [-0.2, -0.15) is 0 Å². The summed E-state index contributed by atoms with van der Waals surface area (Å²) >= 11 is 19.4. The molecule has 23 nitrogen and oxygen atoms in total. The Labute approximate surface area is 868 Å². The lowest BCUT2D eigenvalue weighted by Gasteiger charge is -2.47. The number of ether oxygens (including phenoxy) is 9. The number of carbonyl (C=O) groups is 3. The van der Waals surface area contributed by atoms with Crippen LogP contribution in [0.3, 0.4) is 0 Å². The lowest BCUT2D eigenvalue weighted by molar-refractivity contribution is -0.143. The van der Waals surface area contributed by atoms with Gasteiger partial charge in [0.15, 0.2) is 18.9 Å². The second-order valence-corrected chi connectivity index (χ2v) is 55.0. The third-order valence-electron chi connectivity index (χ3n) is 38.7. The number of nitrogens with zero attached hydrogens (tertiary/aromatic N) is 3. The van der Waals surface area contributed by atoms with E-state index < -0.39 is 52.1 Å². The van der Waals surface area contributed by atoms with E-state index in [-0.39, 0.29) is 112 Å². The SMILES string of the molecule is C=S1(=O)NC(=O)c2ccc3c(c2)N(C[C@@H]2CC[C@H]2[C@H](C2O[C@H]4CCC[C@H]4O2)CCC[C@H](C)[C@H]1C)C[C@@]1(CCCc2cc(Cl)ccc21)CO3.C[C@@H]1[C@@H](C)CCC[C@@H](C2O[C@H]3CCC[C@H]3O2)[C@@H]2CC[C@H]2CN2C[C@@]3(CCCc4cc(Cl)ccc43)COc3ccc(cc32)C(=O)NS1(=O)=O.C[C@@H]1[C@@H](C)CCC[C@H](C2O[C@H]3CCC[C@H]3O2)[C@@H]2CC[C@H]2CN2C[C@@]3(CCCc4cc(Cl)ccc43)COc3ccc(cc32)C(=O)NS1(=O)=O. The molecule has 6 aromatic carbocycles. The van der Waals surface area contributed by atoms with E-state index in [1.165, 1.54) is 52.6 Å². The highest BCUT2D eigenvalue weighted by molar-refractivity contribution is 7.99. The van der Waals surface area contributed by atoms with E-state index in [1.54, 1.807) is 32.0 Å². The molecule has 29 heteroatoms. The van der Waals surface area contributed by atoms with Gasteiger partial charge in [0.05, 0.1) is 93.7 Å². The smallest absolute Gasteiger partial charge is 0.264 e. The molecule has 6 aromatic rings. The molecule has 3 saturated heterocycles. The van der Waals surface area contributed by atoms with Crippen molar-refractivity contribution in [3.63, 3.8) is 0 Å². The van der Waals surface area contributed by atoms with E-state index in [4.69, 9.17) is 77.4 Å². The predicted octanol–water partition coefficient (Wildman–Crippen LogP) is 21.4. The van der Waals surface area contributed by atoms with Gasteiger partial charge in [0.25, 0.3) is 17.7 Å². The summed E-state index contributed by atoms with van der Waals surface area (Å²) in [7, 11) is -10.7. The molecule has 3 N–H and O–H groups in total. The van der Waals surface area contributed by atoms with Crippen LogP contribution in [0.15, 0.2) is 109 Å². The molecule has 3 spiro atoms. The second-order valence-electron chi connectivity index (χ2n) is 47.3. The molecule has 24 rings (SSSR count). The summed E-state index contributed by atoms with van der Waals surface area (Å²) in [6.45, 7) is 18.0. The van der Waals surface area contributed by atoms with E-state index in [9.17, 15) is 35.4 Å². The van der Waals surface area contributed by atoms with Crippen LogP contribution in [0, 0.1) is 71.0 Å². The quantitative estimate of drug-likeness (QED) is 0.139. The molecule has 780 valence electrons. The fourth-order valence-corrected chi connectivity index (χ4v) is 34.1. The monoisotopic (exact) mass is 2090 g/mol. The lowest BCUT2D eigenvalue weighted by atomic mass is 9.64. The van der Waals surface area contributed by atoms with Crippen molar-refractivity contribution in [3.05, 3.63) is 174 Å². The minimum absolute atomic E-state index is 0.105. The number of fused-ring (bicyclic) bond motifs is 15. The number of hydrogen-bond acceptors (Lipinski definition) is 20. The van der Waals surface area contributed by atoms with Crippen molar-refractivity contribution in [2.45, 2.75) is 341 Å². The third-order valence-corrected chi connectivity index (χ3v) is 45.5. The minimum Gasteiger partial charge on any atom is -0.490 e. The van der Waals surface area contributed by atoms with Gasteiger partial charge < -0.3 is 57.3 Å². The molecule has 28 atom stereocenters. The first kappa shape index (κ1) is 102. The number of carbonyl (C=O) groups excluding carboxylic acids is 3. The number of aryl methyl sites for hydroxylation is 3. The van der Waals surface area contributed by atoms with Crippen molar-refractivity contribution in [3.8, 4) is 17.2 Å². The average molecular weight is 2090 g/mol. The molecule has 3 amide bonds. The summed E-state index contributed by atoms with van der Waals surface area (Å²) < 4.78 is 136. The first-order valence-corrected chi connectivity index (χ1v) is 61.0. The number of rotatable bonds is 3. The molecule has 4 unspecified atom stereocenters. The minimum atomic E-state index is -3.89. The number of halogens is 3. The largest absolute Gasteiger partial charge is 0.490 e. The molecule has 0 radical (unpaired) electrons. The number of anilines is 3. The van der Waals surface area contributed by atoms with Crippen LogP contribution in [0.2, 0.25) is 15.1 Å². The zero-order chi connectivity index (χ0) is 99.6. The van der Waals surface area contributed by atoms with Crippen LogP contribution in [-0.2, 0) is 93.7 Å². The summed E-state index contributed by atoms with van der Waals surface area (Å²) in [5.41, 5.74) is 10.9. The summed E-state index contributed by atoms with van der Waals surface area (Å²) in [5, 5.41) is 0.617. The summed E-state index contributed by atoms with van der Waals surface area (Å²) in [6, 6.07) is 35.4. The molecule has 6 saturated carbocycles. The fourth-order valence-electron chi connectivity index (χ4n) is 29.4. The van der Waals surface area contributed by atoms with Crippen molar-refractivity contribution in [1.82, 2.24) is 14.2 Å². The molecular formula is C115H149Cl3N6O17S3. The first-order valence-electron chi connectivity index (χ1n) is 55.0. The Balaban J connectivity index is 0.000000123. The highest BCUT2D eigenvalue weighted by atomic mass is 35.5. The average Bonchev–Trinajstić information content (AvgIpc) is 1.56. The van der Waals surface area contributed by atoms with Crippen LogP contribution in [-0.4, -0.2) is 175 Å². The van der Waals surface area contributed by atoms with Crippen LogP contribution in [0.25, 0.3) is 0 Å². The summed E-state index contributed by atoms with van der Waals surface area (Å²) in [6.07, 6.45) is 35.0. The van der Waals surface area contributed by atoms with E-state index in [0.29, 0.717) is 77.9 Å². The standard InChI is InChI=1S/C39H51ClN2O5S.2C38H49ClN2O6S/c1-24-7-4-9-31(38-46-35-10-5-11-36(35)47-38)30-15-12-28(30)21-42-22-39(18-6-8-26-19-29(40)14-16-32(26)39)23-45-34-17-13-27(20-33(34)42)37(43)41-48(3,44)25(24)2;2*1-23-6-3-8-30(37-46-34-9-4-10-35(34)47-37)29-14-11-27(29)20-41-21-38(17-5-7-25-18-28(39)13-15-31(25)38)22-45-33-16-12-26(19-32(33)41)36(42)40-48(43,44)24(23)2/h13-14,16-17,19-20,24-25,28,30-31,35-36,38H,3-12,15,18,21-23H2,1-2H3,(H,41,43,44);2*12-13,15-16,18-19,23-24,27,29-30,34-35,37H,3-11,14,17,20-22H2,1-2H3,(H,40,42)/t24-,25+,28-,30+,31+,35-,36+,38?,39-,48?;23-,24+,27-,29+,30+,34-,35+,37?,38-;23-,24+,27-,29+,30-,34-,35+,37?,38-/m000/s1. The van der Waals surface area contributed by atoms with E-state index >= 15 is 0 Å². The Bertz CT molecular complexity index is 5540.